The highest BCUT2D eigenvalue weighted by Gasteiger charge is 2.37. The number of alkyl halides is 3. The SMILES string of the molecule is O=C(N[C@H]1CC[C@H](c2nnc(OCCOC(F)(F)F)o2)N(C(=O)O)C1)c1cnc2cc(Cl)c(F)cc2c1. The summed E-state index contributed by atoms with van der Waals surface area (Å²) in [5.41, 5.74) is 0.544. The van der Waals surface area contributed by atoms with Gasteiger partial charge in [0.2, 0.25) is 5.89 Å². The number of rotatable bonds is 7. The minimum Gasteiger partial charge on any atom is -0.465 e. The highest BCUT2D eigenvalue weighted by Crippen LogP contribution is 2.32. The molecule has 16 heteroatoms. The topological polar surface area (TPSA) is 140 Å². The van der Waals surface area contributed by atoms with Crippen LogP contribution in [0.3, 0.4) is 0 Å². The van der Waals surface area contributed by atoms with E-state index in [2.05, 4.69) is 25.2 Å². The van der Waals surface area contributed by atoms with Gasteiger partial charge in [-0.3, -0.25) is 19.4 Å². The zero-order valence-electron chi connectivity index (χ0n) is 18.7. The van der Waals surface area contributed by atoms with Gasteiger partial charge >= 0.3 is 18.5 Å². The molecule has 37 heavy (non-hydrogen) atoms. The number of carbonyl (C=O) groups excluding carboxylic acids is 1. The third-order valence-electron chi connectivity index (χ3n) is 5.43. The zero-order chi connectivity index (χ0) is 26.7. The lowest BCUT2D eigenvalue weighted by molar-refractivity contribution is -0.325. The van der Waals surface area contributed by atoms with Crippen LogP contribution in [0.4, 0.5) is 22.4 Å². The molecule has 1 fully saturated rings. The van der Waals surface area contributed by atoms with E-state index in [1.807, 2.05) is 0 Å². The summed E-state index contributed by atoms with van der Waals surface area (Å²) < 4.78 is 63.5. The van der Waals surface area contributed by atoms with E-state index >= 15 is 0 Å². The van der Waals surface area contributed by atoms with Crippen LogP contribution in [0.15, 0.2) is 28.8 Å². The monoisotopic (exact) mass is 547 g/mol. The number of pyridine rings is 1. The Labute approximate surface area is 210 Å². The van der Waals surface area contributed by atoms with Crippen molar-refractivity contribution in [3.8, 4) is 6.08 Å². The first-order chi connectivity index (χ1) is 17.5. The summed E-state index contributed by atoms with van der Waals surface area (Å²) in [5.74, 6) is -1.31. The Hall–Kier alpha value is -3.72. The first-order valence-electron chi connectivity index (χ1n) is 10.7. The van der Waals surface area contributed by atoms with E-state index in [-0.39, 0.29) is 29.4 Å². The van der Waals surface area contributed by atoms with Crippen molar-refractivity contribution in [2.45, 2.75) is 31.3 Å². The van der Waals surface area contributed by atoms with Gasteiger partial charge in [-0.1, -0.05) is 16.7 Å². The van der Waals surface area contributed by atoms with Crippen LogP contribution < -0.4 is 10.1 Å². The predicted molar refractivity (Wildman–Crippen MR) is 116 cm³/mol. The number of fused-ring (bicyclic) bond motifs is 1. The molecule has 0 unspecified atom stereocenters. The molecule has 3 heterocycles. The van der Waals surface area contributed by atoms with Crippen LogP contribution in [0.2, 0.25) is 5.02 Å². The Kier molecular flexibility index (Phi) is 7.63. The van der Waals surface area contributed by atoms with Crippen LogP contribution in [0.5, 0.6) is 6.08 Å². The second kappa shape index (κ2) is 10.7. The third-order valence-corrected chi connectivity index (χ3v) is 5.72. The van der Waals surface area contributed by atoms with Crippen molar-refractivity contribution in [1.82, 2.24) is 25.4 Å². The second-order valence-electron chi connectivity index (χ2n) is 7.93. The zero-order valence-corrected chi connectivity index (χ0v) is 19.4. The van der Waals surface area contributed by atoms with E-state index in [1.165, 1.54) is 18.3 Å². The Morgan fingerprint density at radius 1 is 1.22 bits per heavy atom. The molecule has 0 aliphatic carbocycles. The molecule has 0 saturated carbocycles. The molecule has 1 aliphatic heterocycles. The van der Waals surface area contributed by atoms with Crippen molar-refractivity contribution in [3.63, 3.8) is 0 Å². The van der Waals surface area contributed by atoms with Gasteiger partial charge in [-0.05, 0) is 31.0 Å². The minimum absolute atomic E-state index is 0.0990. The molecule has 2 aromatic heterocycles. The van der Waals surface area contributed by atoms with Crippen molar-refractivity contribution in [2.24, 2.45) is 0 Å². The molecular weight excluding hydrogens is 530 g/mol. The van der Waals surface area contributed by atoms with Gasteiger partial charge in [0, 0.05) is 24.2 Å². The van der Waals surface area contributed by atoms with E-state index in [1.54, 1.807) is 0 Å². The summed E-state index contributed by atoms with van der Waals surface area (Å²) in [6.45, 7) is -1.44. The molecule has 1 aromatic carbocycles. The second-order valence-corrected chi connectivity index (χ2v) is 8.34. The van der Waals surface area contributed by atoms with Gasteiger partial charge < -0.3 is 19.6 Å². The van der Waals surface area contributed by atoms with E-state index in [9.17, 15) is 32.3 Å². The maximum absolute atomic E-state index is 13.8. The Morgan fingerprint density at radius 2 is 2.00 bits per heavy atom. The maximum Gasteiger partial charge on any atom is 0.522 e. The molecule has 2 amide bonds. The fraction of sp³-hybridized carbons (Fsp3) is 0.381. The van der Waals surface area contributed by atoms with Crippen LogP contribution >= 0.6 is 11.6 Å². The third kappa shape index (κ3) is 6.54. The van der Waals surface area contributed by atoms with Gasteiger partial charge in [0.15, 0.2) is 0 Å². The standard InChI is InChI=1S/C21H18ClF4N5O6/c22-13-7-15-10(6-14(13)23)5-11(8-27-15)17(32)28-12-1-2-16(31(9-12)20(33)34)18-29-30-19(37-18)35-3-4-36-21(24,25)26/h5-8,12,16H,1-4,9H2,(H,28,32)(H,33,34)/t12-,16+/m0/s1. The number of amides is 2. The van der Waals surface area contributed by atoms with E-state index in [0.29, 0.717) is 17.3 Å². The number of nitrogens with one attached hydrogen (secondary N) is 1. The van der Waals surface area contributed by atoms with Crippen molar-refractivity contribution >= 4 is 34.5 Å². The summed E-state index contributed by atoms with van der Waals surface area (Å²) in [6.07, 6.45) is -4.74. The van der Waals surface area contributed by atoms with E-state index < -0.39 is 55.6 Å². The fourth-order valence-corrected chi connectivity index (χ4v) is 3.93. The van der Waals surface area contributed by atoms with Crippen LogP contribution in [-0.4, -0.2) is 69.4 Å². The molecule has 2 N–H and O–H groups in total. The van der Waals surface area contributed by atoms with Crippen molar-refractivity contribution in [2.75, 3.05) is 19.8 Å². The number of hydrogen-bond acceptors (Lipinski definition) is 8. The average Bonchev–Trinajstić information content (AvgIpc) is 3.30. The Balaban J connectivity index is 1.37. The van der Waals surface area contributed by atoms with E-state index in [0.717, 1.165) is 11.0 Å². The van der Waals surface area contributed by atoms with Crippen LogP contribution in [0, 0.1) is 5.82 Å². The summed E-state index contributed by atoms with van der Waals surface area (Å²) in [4.78, 5) is 29.7. The summed E-state index contributed by atoms with van der Waals surface area (Å²) >= 11 is 5.75. The normalized spacial score (nSPS) is 18.1. The van der Waals surface area contributed by atoms with Gasteiger partial charge in [-0.15, -0.1) is 18.3 Å². The van der Waals surface area contributed by atoms with Gasteiger partial charge in [0.05, 0.1) is 22.7 Å². The molecule has 0 spiro atoms. The lowest BCUT2D eigenvalue weighted by atomic mass is 9.98. The Bertz CT molecular complexity index is 1310. The number of likely N-dealkylation sites (tertiary alicyclic amines) is 1. The highest BCUT2D eigenvalue weighted by molar-refractivity contribution is 6.31. The van der Waals surface area contributed by atoms with Crippen LogP contribution in [-0.2, 0) is 4.74 Å². The number of ether oxygens (including phenoxy) is 2. The lowest BCUT2D eigenvalue weighted by Gasteiger charge is -2.36. The first-order valence-corrected chi connectivity index (χ1v) is 11.1. The number of aromatic nitrogens is 3. The number of hydrogen-bond donors (Lipinski definition) is 2. The van der Waals surface area contributed by atoms with Crippen LogP contribution in [0.1, 0.15) is 35.1 Å². The lowest BCUT2D eigenvalue weighted by Crippen LogP contribution is -2.50. The maximum atomic E-state index is 13.8. The molecule has 1 aliphatic rings. The number of halogens is 5. The molecule has 0 radical (unpaired) electrons. The predicted octanol–water partition coefficient (Wildman–Crippen LogP) is 3.94. The molecule has 2 atom stereocenters. The largest absolute Gasteiger partial charge is 0.522 e. The number of nitrogens with zero attached hydrogens (tertiary/aromatic N) is 4. The highest BCUT2D eigenvalue weighted by atomic mass is 35.5. The van der Waals surface area contributed by atoms with Crippen molar-refractivity contribution in [1.29, 1.82) is 0 Å². The smallest absolute Gasteiger partial charge is 0.465 e. The van der Waals surface area contributed by atoms with Crippen molar-refractivity contribution in [3.05, 3.63) is 46.7 Å². The summed E-state index contributed by atoms with van der Waals surface area (Å²) in [5, 5.41) is 20.0. The molecule has 4 rings (SSSR count). The number of carbonyl (C=O) groups is 2. The first kappa shape index (κ1) is 26.3. The number of piperidine rings is 1. The molecular formula is C21H18ClF4N5O6. The number of benzene rings is 1. The minimum atomic E-state index is -4.81. The molecule has 198 valence electrons. The van der Waals surface area contributed by atoms with Gasteiger partial charge in [0.1, 0.15) is 18.5 Å². The fourth-order valence-electron chi connectivity index (χ4n) is 3.77. The van der Waals surface area contributed by atoms with Crippen molar-refractivity contribution < 1.29 is 46.1 Å². The molecule has 3 aromatic rings. The number of carboxylic acid groups (broad SMARTS) is 1. The van der Waals surface area contributed by atoms with E-state index in [4.69, 9.17) is 20.8 Å². The molecule has 1 saturated heterocycles. The van der Waals surface area contributed by atoms with Gasteiger partial charge in [-0.25, -0.2) is 9.18 Å². The molecule has 0 bridgehead atoms. The summed E-state index contributed by atoms with van der Waals surface area (Å²) in [7, 11) is 0. The summed E-state index contributed by atoms with van der Waals surface area (Å²) in [6, 6.07) is 2.50. The average molecular weight is 548 g/mol. The van der Waals surface area contributed by atoms with Gasteiger partial charge in [0.25, 0.3) is 5.91 Å². The molecule has 11 nitrogen and oxygen atoms in total. The Morgan fingerprint density at radius 3 is 2.73 bits per heavy atom. The van der Waals surface area contributed by atoms with Gasteiger partial charge in [-0.2, -0.15) is 0 Å². The quantitative estimate of drug-likeness (QED) is 0.332. The van der Waals surface area contributed by atoms with Crippen LogP contribution in [0.25, 0.3) is 10.9 Å².